The standard InChI is InChI=1S/C19H20N6O2S2/c1-3-9-25-15(11-21-17(27)14-7-5-4-6-13(14)2)23-24-19(25)29-12-16(26)22-18-20-8-10-28-18/h3-8,10H,1,9,11-12H2,2H3,(H,21,27)(H,20,22,26). The zero-order valence-electron chi connectivity index (χ0n) is 15.8. The molecule has 3 rings (SSSR count). The van der Waals surface area contributed by atoms with Crippen LogP contribution in [0, 0.1) is 6.92 Å². The zero-order valence-corrected chi connectivity index (χ0v) is 17.4. The van der Waals surface area contributed by atoms with Crippen LogP contribution in [-0.2, 0) is 17.9 Å². The van der Waals surface area contributed by atoms with Crippen molar-refractivity contribution < 1.29 is 9.59 Å². The number of aromatic nitrogens is 4. The maximum Gasteiger partial charge on any atom is 0.251 e. The molecule has 2 aromatic heterocycles. The summed E-state index contributed by atoms with van der Waals surface area (Å²) in [6, 6.07) is 7.39. The number of aryl methyl sites for hydroxylation is 1. The summed E-state index contributed by atoms with van der Waals surface area (Å²) in [7, 11) is 0. The van der Waals surface area contributed by atoms with Crippen molar-refractivity contribution in [3.05, 3.63) is 65.4 Å². The van der Waals surface area contributed by atoms with E-state index in [1.165, 1.54) is 23.1 Å². The van der Waals surface area contributed by atoms with Crippen LogP contribution in [0.15, 0.2) is 53.7 Å². The number of nitrogens with one attached hydrogen (secondary N) is 2. The van der Waals surface area contributed by atoms with Crippen LogP contribution in [0.4, 0.5) is 5.13 Å². The van der Waals surface area contributed by atoms with Gasteiger partial charge in [-0.15, -0.1) is 28.1 Å². The Labute approximate surface area is 176 Å². The first-order chi connectivity index (χ1) is 14.1. The first-order valence-corrected chi connectivity index (χ1v) is 10.6. The van der Waals surface area contributed by atoms with E-state index in [0.717, 1.165) is 5.56 Å². The summed E-state index contributed by atoms with van der Waals surface area (Å²) in [5.41, 5.74) is 1.52. The molecule has 0 atom stereocenters. The monoisotopic (exact) mass is 428 g/mol. The van der Waals surface area contributed by atoms with Crippen LogP contribution >= 0.6 is 23.1 Å². The highest BCUT2D eigenvalue weighted by atomic mass is 32.2. The fourth-order valence-electron chi connectivity index (χ4n) is 2.52. The lowest BCUT2D eigenvalue weighted by molar-refractivity contribution is -0.113. The van der Waals surface area contributed by atoms with Crippen molar-refractivity contribution in [2.75, 3.05) is 11.1 Å². The summed E-state index contributed by atoms with van der Waals surface area (Å²) >= 11 is 2.62. The average molecular weight is 429 g/mol. The van der Waals surface area contributed by atoms with Crippen LogP contribution in [0.1, 0.15) is 21.7 Å². The van der Waals surface area contributed by atoms with Crippen LogP contribution < -0.4 is 10.6 Å². The summed E-state index contributed by atoms with van der Waals surface area (Å²) in [5, 5.41) is 16.9. The number of hydrogen-bond acceptors (Lipinski definition) is 7. The Morgan fingerprint density at radius 3 is 2.86 bits per heavy atom. The number of anilines is 1. The highest BCUT2D eigenvalue weighted by molar-refractivity contribution is 7.99. The molecule has 10 heteroatoms. The molecule has 0 saturated carbocycles. The molecular formula is C19H20N6O2S2. The van der Waals surface area contributed by atoms with E-state index in [-0.39, 0.29) is 24.1 Å². The van der Waals surface area contributed by atoms with Crippen LogP contribution in [0.5, 0.6) is 0 Å². The van der Waals surface area contributed by atoms with Gasteiger partial charge in [0.25, 0.3) is 5.91 Å². The summed E-state index contributed by atoms with van der Waals surface area (Å²) in [6.45, 7) is 6.34. The number of carbonyl (C=O) groups is 2. The van der Waals surface area contributed by atoms with E-state index in [4.69, 9.17) is 0 Å². The van der Waals surface area contributed by atoms with Gasteiger partial charge in [0, 0.05) is 23.7 Å². The molecule has 29 heavy (non-hydrogen) atoms. The molecule has 3 aromatic rings. The van der Waals surface area contributed by atoms with Gasteiger partial charge in [-0.3, -0.25) is 9.59 Å². The SMILES string of the molecule is C=CCn1c(CNC(=O)c2ccccc2C)nnc1SCC(=O)Nc1nccs1. The molecule has 1 aromatic carbocycles. The molecule has 2 N–H and O–H groups in total. The molecule has 0 fully saturated rings. The van der Waals surface area contributed by atoms with Crippen LogP contribution in [0.3, 0.4) is 0 Å². The molecule has 0 aliphatic rings. The Kier molecular flexibility index (Phi) is 7.14. The second kappa shape index (κ2) is 9.99. The van der Waals surface area contributed by atoms with E-state index in [0.29, 0.717) is 28.2 Å². The number of hydrogen-bond donors (Lipinski definition) is 2. The highest BCUT2D eigenvalue weighted by Crippen LogP contribution is 2.18. The molecule has 0 spiro atoms. The Morgan fingerprint density at radius 1 is 1.31 bits per heavy atom. The lowest BCUT2D eigenvalue weighted by Gasteiger charge is -2.09. The van der Waals surface area contributed by atoms with Crippen LogP contribution in [-0.4, -0.2) is 37.3 Å². The molecule has 0 unspecified atom stereocenters. The van der Waals surface area contributed by atoms with E-state index in [1.54, 1.807) is 23.7 Å². The molecule has 0 saturated heterocycles. The van der Waals surface area contributed by atoms with Gasteiger partial charge in [-0.2, -0.15) is 0 Å². The zero-order chi connectivity index (χ0) is 20.6. The van der Waals surface area contributed by atoms with Gasteiger partial charge in [0.2, 0.25) is 5.91 Å². The van der Waals surface area contributed by atoms with Crippen molar-refractivity contribution in [1.82, 2.24) is 25.1 Å². The molecule has 2 heterocycles. The minimum Gasteiger partial charge on any atom is -0.345 e. The molecule has 0 aliphatic carbocycles. The number of thiazole rings is 1. The van der Waals surface area contributed by atoms with Crippen molar-refractivity contribution in [3.63, 3.8) is 0 Å². The molecule has 2 amide bonds. The number of rotatable bonds is 9. The Balaban J connectivity index is 1.62. The largest absolute Gasteiger partial charge is 0.345 e. The molecular weight excluding hydrogens is 408 g/mol. The quantitative estimate of drug-likeness (QED) is 0.401. The number of nitrogens with zero attached hydrogens (tertiary/aromatic N) is 4. The van der Waals surface area contributed by atoms with E-state index in [9.17, 15) is 9.59 Å². The number of amides is 2. The fraction of sp³-hybridized carbons (Fsp3) is 0.211. The van der Waals surface area contributed by atoms with Gasteiger partial charge in [0.15, 0.2) is 16.1 Å². The molecule has 0 radical (unpaired) electrons. The summed E-state index contributed by atoms with van der Waals surface area (Å²) in [4.78, 5) is 28.5. The molecule has 0 bridgehead atoms. The summed E-state index contributed by atoms with van der Waals surface area (Å²) in [5.74, 6) is 0.417. The molecule has 150 valence electrons. The fourth-order valence-corrected chi connectivity index (χ4v) is 3.83. The molecule has 8 nitrogen and oxygen atoms in total. The predicted octanol–water partition coefficient (Wildman–Crippen LogP) is 2.89. The van der Waals surface area contributed by atoms with Crippen molar-refractivity contribution in [2.45, 2.75) is 25.2 Å². The second-order valence-electron chi connectivity index (χ2n) is 5.97. The lowest BCUT2D eigenvalue weighted by Crippen LogP contribution is -2.25. The minimum absolute atomic E-state index is 0.171. The predicted molar refractivity (Wildman–Crippen MR) is 114 cm³/mol. The maximum atomic E-state index is 12.4. The number of thioether (sulfide) groups is 1. The van der Waals surface area contributed by atoms with Crippen molar-refractivity contribution >= 4 is 40.0 Å². The van der Waals surface area contributed by atoms with Crippen LogP contribution in [0.2, 0.25) is 0 Å². The van der Waals surface area contributed by atoms with Gasteiger partial charge < -0.3 is 15.2 Å². The summed E-state index contributed by atoms with van der Waals surface area (Å²) in [6.07, 6.45) is 3.35. The van der Waals surface area contributed by atoms with Gasteiger partial charge in [0.1, 0.15) is 0 Å². The van der Waals surface area contributed by atoms with E-state index in [2.05, 4.69) is 32.4 Å². The van der Waals surface area contributed by atoms with E-state index >= 15 is 0 Å². The van der Waals surface area contributed by atoms with Gasteiger partial charge in [-0.25, -0.2) is 4.98 Å². The van der Waals surface area contributed by atoms with Crippen molar-refractivity contribution in [3.8, 4) is 0 Å². The van der Waals surface area contributed by atoms with E-state index < -0.39 is 0 Å². The van der Waals surface area contributed by atoms with Gasteiger partial charge >= 0.3 is 0 Å². The first kappa shape index (κ1) is 20.7. The van der Waals surface area contributed by atoms with Crippen LogP contribution in [0.25, 0.3) is 0 Å². The summed E-state index contributed by atoms with van der Waals surface area (Å²) < 4.78 is 1.83. The third kappa shape index (κ3) is 5.52. The molecule has 0 aliphatic heterocycles. The minimum atomic E-state index is -0.174. The van der Waals surface area contributed by atoms with Gasteiger partial charge in [-0.1, -0.05) is 36.0 Å². The van der Waals surface area contributed by atoms with E-state index in [1.807, 2.05) is 29.7 Å². The number of allylic oxidation sites excluding steroid dienone is 1. The third-order valence-corrected chi connectivity index (χ3v) is 5.57. The number of carbonyl (C=O) groups excluding carboxylic acids is 2. The lowest BCUT2D eigenvalue weighted by atomic mass is 10.1. The Bertz CT molecular complexity index is 1000. The number of benzene rings is 1. The van der Waals surface area contributed by atoms with Gasteiger partial charge in [0.05, 0.1) is 12.3 Å². The second-order valence-corrected chi connectivity index (χ2v) is 7.81. The smallest absolute Gasteiger partial charge is 0.251 e. The normalized spacial score (nSPS) is 10.5. The Morgan fingerprint density at radius 2 is 2.14 bits per heavy atom. The average Bonchev–Trinajstić information content (AvgIpc) is 3.35. The maximum absolute atomic E-state index is 12.4. The third-order valence-electron chi connectivity index (χ3n) is 3.91. The Hall–Kier alpha value is -2.98. The highest BCUT2D eigenvalue weighted by Gasteiger charge is 2.15. The first-order valence-electron chi connectivity index (χ1n) is 8.77. The van der Waals surface area contributed by atoms with Crippen molar-refractivity contribution in [2.24, 2.45) is 0 Å². The topological polar surface area (TPSA) is 102 Å². The van der Waals surface area contributed by atoms with Gasteiger partial charge in [-0.05, 0) is 18.6 Å². The van der Waals surface area contributed by atoms with Crippen molar-refractivity contribution in [1.29, 1.82) is 0 Å².